The summed E-state index contributed by atoms with van der Waals surface area (Å²) in [6, 6.07) is 18.4. The molecule has 1 aliphatic rings. The van der Waals surface area contributed by atoms with Crippen molar-refractivity contribution >= 4 is 17.4 Å². The molecule has 0 atom stereocenters. The van der Waals surface area contributed by atoms with E-state index in [2.05, 4.69) is 30.9 Å². The van der Waals surface area contributed by atoms with Crippen LogP contribution in [0.3, 0.4) is 0 Å². The second-order valence-corrected chi connectivity index (χ2v) is 11.9. The lowest BCUT2D eigenvalue weighted by atomic mass is 9.93. The largest absolute Gasteiger partial charge is 0.493 e. The number of rotatable bonds is 13. The van der Waals surface area contributed by atoms with E-state index in [-0.39, 0.29) is 35.3 Å². The van der Waals surface area contributed by atoms with E-state index in [4.69, 9.17) is 25.8 Å². The molecule has 1 aliphatic heterocycles. The van der Waals surface area contributed by atoms with Crippen LogP contribution in [0.4, 0.5) is 8.78 Å². The first-order valence-corrected chi connectivity index (χ1v) is 15.7. The summed E-state index contributed by atoms with van der Waals surface area (Å²) in [5.41, 5.74) is 5.83. The molecule has 4 aromatic carbocycles. The monoisotopic (exact) mass is 633 g/mol. The van der Waals surface area contributed by atoms with Crippen LogP contribution in [-0.4, -0.2) is 36.9 Å². The average molecular weight is 634 g/mol. The third kappa shape index (κ3) is 8.21. The minimum absolute atomic E-state index is 0.141. The van der Waals surface area contributed by atoms with E-state index < -0.39 is 11.6 Å². The van der Waals surface area contributed by atoms with Gasteiger partial charge in [0.05, 0.1) is 17.2 Å². The van der Waals surface area contributed by atoms with Gasteiger partial charge in [0.25, 0.3) is 0 Å². The summed E-state index contributed by atoms with van der Waals surface area (Å²) in [5, 5.41) is 0.253. The molecule has 0 amide bonds. The molecule has 1 heterocycles. The third-order valence-electron chi connectivity index (χ3n) is 8.21. The van der Waals surface area contributed by atoms with E-state index in [0.717, 1.165) is 52.6 Å². The highest BCUT2D eigenvalue weighted by Crippen LogP contribution is 2.36. The second kappa shape index (κ2) is 14.9. The van der Waals surface area contributed by atoms with Crippen LogP contribution in [0.25, 0.3) is 11.1 Å². The second-order valence-electron chi connectivity index (χ2n) is 11.5. The highest BCUT2D eigenvalue weighted by molar-refractivity contribution is 6.32. The number of carbonyl (C=O) groups is 1. The zero-order chi connectivity index (χ0) is 31.9. The zero-order valence-electron chi connectivity index (χ0n) is 25.9. The maximum atomic E-state index is 13.7. The molecule has 0 saturated carbocycles. The predicted molar refractivity (Wildman–Crippen MR) is 174 cm³/mol. The van der Waals surface area contributed by atoms with Crippen LogP contribution in [0, 0.1) is 25.5 Å². The van der Waals surface area contributed by atoms with E-state index >= 15 is 0 Å². The Hall–Kier alpha value is -3.94. The van der Waals surface area contributed by atoms with Gasteiger partial charge in [0, 0.05) is 18.7 Å². The smallest absolute Gasteiger partial charge is 0.163 e. The fourth-order valence-electron chi connectivity index (χ4n) is 5.72. The number of likely N-dealkylation sites (tertiary alicyclic amines) is 1. The third-order valence-corrected chi connectivity index (χ3v) is 8.50. The molecule has 5 rings (SSSR count). The van der Waals surface area contributed by atoms with Crippen LogP contribution in [0.2, 0.25) is 5.02 Å². The van der Waals surface area contributed by atoms with Gasteiger partial charge in [-0.2, -0.15) is 0 Å². The molecule has 0 bridgehead atoms. The molecule has 0 radical (unpaired) electrons. The van der Waals surface area contributed by atoms with Gasteiger partial charge >= 0.3 is 0 Å². The molecule has 0 unspecified atom stereocenters. The van der Waals surface area contributed by atoms with Crippen LogP contribution in [-0.2, 0) is 13.2 Å². The van der Waals surface area contributed by atoms with Crippen molar-refractivity contribution in [2.45, 2.75) is 53.2 Å². The maximum absolute atomic E-state index is 13.7. The van der Waals surface area contributed by atoms with Crippen LogP contribution < -0.4 is 14.2 Å². The fourth-order valence-corrected chi connectivity index (χ4v) is 5.94. The first-order chi connectivity index (χ1) is 21.7. The molecule has 4 aromatic rings. The first kappa shape index (κ1) is 32.5. The van der Waals surface area contributed by atoms with E-state index in [9.17, 15) is 13.6 Å². The Morgan fingerprint density at radius 2 is 1.47 bits per heavy atom. The summed E-state index contributed by atoms with van der Waals surface area (Å²) >= 11 is 6.52. The summed E-state index contributed by atoms with van der Waals surface area (Å²) in [5.74, 6) is -0.250. The number of carbonyl (C=O) groups excluding carboxylic acids is 1. The molecule has 0 aromatic heterocycles. The van der Waals surface area contributed by atoms with Gasteiger partial charge in [0.1, 0.15) is 42.1 Å². The zero-order valence-corrected chi connectivity index (χ0v) is 26.7. The highest BCUT2D eigenvalue weighted by atomic mass is 35.5. The summed E-state index contributed by atoms with van der Waals surface area (Å²) in [7, 11) is 0. The maximum Gasteiger partial charge on any atom is 0.163 e. The van der Waals surface area contributed by atoms with Gasteiger partial charge in [0.2, 0.25) is 0 Å². The first-order valence-electron chi connectivity index (χ1n) is 15.3. The van der Waals surface area contributed by atoms with Crippen molar-refractivity contribution < 1.29 is 27.8 Å². The van der Waals surface area contributed by atoms with Gasteiger partial charge in [-0.25, -0.2) is 8.78 Å². The van der Waals surface area contributed by atoms with Crippen molar-refractivity contribution in [2.75, 3.05) is 26.2 Å². The quantitative estimate of drug-likeness (QED) is 0.109. The molecular formula is C37H38ClF2NO4. The number of benzene rings is 4. The number of hydrogen-bond acceptors (Lipinski definition) is 5. The molecule has 236 valence electrons. The van der Waals surface area contributed by atoms with Crippen molar-refractivity contribution in [1.29, 1.82) is 0 Å². The molecular weight excluding hydrogens is 596 g/mol. The molecule has 8 heteroatoms. The Kier molecular flexibility index (Phi) is 10.7. The molecule has 0 spiro atoms. The molecule has 0 aliphatic carbocycles. The van der Waals surface area contributed by atoms with Crippen LogP contribution in [0.1, 0.15) is 58.8 Å². The van der Waals surface area contributed by atoms with Gasteiger partial charge in [-0.15, -0.1) is 0 Å². The van der Waals surface area contributed by atoms with Crippen LogP contribution in [0.15, 0.2) is 66.7 Å². The summed E-state index contributed by atoms with van der Waals surface area (Å²) in [6.45, 7) is 9.76. The van der Waals surface area contributed by atoms with E-state index in [1.54, 1.807) is 6.07 Å². The Morgan fingerprint density at radius 1 is 0.800 bits per heavy atom. The molecule has 0 N–H and O–H groups in total. The normalized spacial score (nSPS) is 13.2. The lowest BCUT2D eigenvalue weighted by Crippen LogP contribution is -2.22. The minimum atomic E-state index is -0.708. The average Bonchev–Trinajstić information content (AvgIpc) is 3.52. The molecule has 1 saturated heterocycles. The van der Waals surface area contributed by atoms with E-state index in [1.165, 1.54) is 51.1 Å². The Bertz CT molecular complexity index is 1650. The topological polar surface area (TPSA) is 48.0 Å². The molecule has 5 nitrogen and oxygen atoms in total. The number of halogens is 3. The van der Waals surface area contributed by atoms with Gasteiger partial charge in [-0.05, 0) is 111 Å². The number of ketones is 1. The number of hydrogen-bond donors (Lipinski definition) is 0. The van der Waals surface area contributed by atoms with Gasteiger partial charge in [-0.1, -0.05) is 41.9 Å². The number of nitrogens with zero attached hydrogens (tertiary/aromatic N) is 1. The van der Waals surface area contributed by atoms with Crippen molar-refractivity contribution in [3.05, 3.63) is 111 Å². The van der Waals surface area contributed by atoms with Crippen LogP contribution >= 0.6 is 11.6 Å². The summed E-state index contributed by atoms with van der Waals surface area (Å²) < 4.78 is 45.5. The highest BCUT2D eigenvalue weighted by Gasteiger charge is 2.17. The SMILES string of the molecule is CC(=O)c1cc(Cl)c(OCc2cccc(-c3cccc(OCCCN4CCCC4)c3C)c2C)cc1OCc1cc(F)cc(F)c1. The molecule has 1 fully saturated rings. The molecule has 45 heavy (non-hydrogen) atoms. The minimum Gasteiger partial charge on any atom is -0.493 e. The van der Waals surface area contributed by atoms with Crippen molar-refractivity contribution in [3.8, 4) is 28.4 Å². The lowest BCUT2D eigenvalue weighted by molar-refractivity contribution is 0.101. The summed E-state index contributed by atoms with van der Waals surface area (Å²) in [4.78, 5) is 14.8. The van der Waals surface area contributed by atoms with Crippen molar-refractivity contribution in [3.63, 3.8) is 0 Å². The van der Waals surface area contributed by atoms with Crippen LogP contribution in [0.5, 0.6) is 17.2 Å². The number of ether oxygens (including phenoxy) is 3. The van der Waals surface area contributed by atoms with Crippen molar-refractivity contribution in [1.82, 2.24) is 4.90 Å². The van der Waals surface area contributed by atoms with Gasteiger partial charge in [-0.3, -0.25) is 4.79 Å². The Balaban J connectivity index is 1.30. The number of Topliss-reactive ketones (excluding diaryl/α,β-unsaturated/α-hetero) is 1. The van der Waals surface area contributed by atoms with E-state index in [1.807, 2.05) is 24.3 Å². The van der Waals surface area contributed by atoms with Crippen molar-refractivity contribution in [2.24, 2.45) is 0 Å². The van der Waals surface area contributed by atoms with Gasteiger partial charge in [0.15, 0.2) is 5.78 Å². The standard InChI is InChI=1S/C37H38ClF2NO4/c1-24-28(9-6-10-31(24)32-11-7-12-35(25(32)2)43-16-8-15-41-13-4-5-14-41)23-45-37-21-36(33(26(3)42)20-34(37)38)44-22-27-17-29(39)19-30(40)18-27/h6-7,9-12,17-21H,4-5,8,13-16,22-23H2,1-3H3. The Labute approximate surface area is 268 Å². The van der Waals surface area contributed by atoms with E-state index in [0.29, 0.717) is 17.9 Å². The lowest BCUT2D eigenvalue weighted by Gasteiger charge is -2.18. The Morgan fingerprint density at radius 3 is 2.18 bits per heavy atom. The predicted octanol–water partition coefficient (Wildman–Crippen LogP) is 9.13. The summed E-state index contributed by atoms with van der Waals surface area (Å²) in [6.07, 6.45) is 3.59. The fraction of sp³-hybridized carbons (Fsp3) is 0.324. The van der Waals surface area contributed by atoms with Gasteiger partial charge < -0.3 is 19.1 Å².